The molecule has 8 heteroatoms. The van der Waals surface area contributed by atoms with E-state index in [1.54, 1.807) is 12.2 Å². The van der Waals surface area contributed by atoms with Crippen LogP contribution in [0.5, 0.6) is 0 Å². The standard InChI is InChI=1S/C24H36N2O3.C8H9F.C2H6.CH3NO/c1-5-6-22(21-10-7-19(8-11-21)9-12-23(28)29)26(17-27)24(25-4)15-13-20(14-16-24)18(2)3;1-7-4-2-3-5-8(9)6-7;1-2;2-1-3/h7-8,10-11,17-18,20,22H,4-6,9,12-16H2,1-3H3,(H,28,29);2-3,5-6H,4H2,1H3;1-2H3;1H,(H2,2,3). The van der Waals surface area contributed by atoms with E-state index in [-0.39, 0.29) is 24.7 Å². The van der Waals surface area contributed by atoms with E-state index in [1.807, 2.05) is 56.0 Å². The normalized spacial score (nSPS) is 19.7. The van der Waals surface area contributed by atoms with Gasteiger partial charge in [0.15, 0.2) is 0 Å². The summed E-state index contributed by atoms with van der Waals surface area (Å²) in [6.45, 7) is 16.5. The van der Waals surface area contributed by atoms with Crippen molar-refractivity contribution in [2.75, 3.05) is 0 Å². The molecular formula is C35H54FN3O4. The molecular weight excluding hydrogens is 545 g/mol. The maximum Gasteiger partial charge on any atom is 0.303 e. The van der Waals surface area contributed by atoms with Crippen LogP contribution in [0.2, 0.25) is 0 Å². The van der Waals surface area contributed by atoms with Gasteiger partial charge in [0.25, 0.3) is 0 Å². The lowest BCUT2D eigenvalue weighted by Gasteiger charge is -2.47. The zero-order valence-corrected chi connectivity index (χ0v) is 27.1. The summed E-state index contributed by atoms with van der Waals surface area (Å²) in [4.78, 5) is 38.1. The largest absolute Gasteiger partial charge is 0.481 e. The molecule has 1 saturated carbocycles. The quantitative estimate of drug-likeness (QED) is 0.197. The number of amides is 2. The Bertz CT molecular complexity index is 1060. The van der Waals surface area contributed by atoms with Crippen molar-refractivity contribution < 1.29 is 23.9 Å². The maximum atomic E-state index is 12.4. The highest BCUT2D eigenvalue weighted by Gasteiger charge is 2.42. The van der Waals surface area contributed by atoms with Gasteiger partial charge in [-0.15, -0.1) is 0 Å². The molecule has 3 rings (SSSR count). The summed E-state index contributed by atoms with van der Waals surface area (Å²) in [5.41, 5.74) is 6.78. The fourth-order valence-corrected chi connectivity index (χ4v) is 5.38. The van der Waals surface area contributed by atoms with Crippen molar-refractivity contribution in [2.45, 2.75) is 111 Å². The van der Waals surface area contributed by atoms with Crippen LogP contribution >= 0.6 is 0 Å². The van der Waals surface area contributed by atoms with Crippen LogP contribution in [0.3, 0.4) is 0 Å². The first kappa shape index (κ1) is 39.5. The van der Waals surface area contributed by atoms with Crippen LogP contribution in [0.25, 0.3) is 0 Å². The van der Waals surface area contributed by atoms with E-state index in [1.165, 1.54) is 6.08 Å². The Balaban J connectivity index is 0.00000104. The molecule has 3 N–H and O–H groups in total. The van der Waals surface area contributed by atoms with Gasteiger partial charge < -0.3 is 15.7 Å². The number of nitrogens with two attached hydrogens (primary N) is 1. The number of hydrogen-bond donors (Lipinski definition) is 2. The van der Waals surface area contributed by atoms with Crippen LogP contribution < -0.4 is 5.73 Å². The number of primary amides is 1. The summed E-state index contributed by atoms with van der Waals surface area (Å²) in [5.74, 6) is 0.381. The van der Waals surface area contributed by atoms with Crippen molar-refractivity contribution in [3.05, 3.63) is 71.1 Å². The topological polar surface area (TPSA) is 113 Å². The zero-order valence-electron chi connectivity index (χ0n) is 27.1. The molecule has 7 nitrogen and oxygen atoms in total. The van der Waals surface area contributed by atoms with E-state index < -0.39 is 11.6 Å². The molecule has 0 aromatic heterocycles. The number of aryl methyl sites for hydroxylation is 1. The van der Waals surface area contributed by atoms with Gasteiger partial charge in [0.05, 0.1) is 6.04 Å². The number of nitrogens with zero attached hydrogens (tertiary/aromatic N) is 2. The third-order valence-electron chi connectivity index (χ3n) is 7.77. The van der Waals surface area contributed by atoms with Crippen LogP contribution in [0, 0.1) is 11.8 Å². The predicted molar refractivity (Wildman–Crippen MR) is 175 cm³/mol. The monoisotopic (exact) mass is 599 g/mol. The predicted octanol–water partition coefficient (Wildman–Crippen LogP) is 8.12. The van der Waals surface area contributed by atoms with E-state index in [2.05, 4.69) is 38.2 Å². The number of carbonyl (C=O) groups excluding carboxylic acids is 2. The van der Waals surface area contributed by atoms with E-state index in [0.29, 0.717) is 18.3 Å². The molecule has 0 heterocycles. The van der Waals surface area contributed by atoms with Crippen LogP contribution in [-0.4, -0.2) is 41.2 Å². The van der Waals surface area contributed by atoms with Gasteiger partial charge in [-0.3, -0.25) is 19.4 Å². The minimum absolute atomic E-state index is 0.0490. The van der Waals surface area contributed by atoms with Gasteiger partial charge in [0.1, 0.15) is 11.5 Å². The van der Waals surface area contributed by atoms with Crippen LogP contribution in [0.1, 0.15) is 110 Å². The first-order chi connectivity index (χ1) is 20.6. The third kappa shape index (κ3) is 14.0. The zero-order chi connectivity index (χ0) is 32.8. The summed E-state index contributed by atoms with van der Waals surface area (Å²) in [7, 11) is 0. The molecule has 1 fully saturated rings. The first-order valence-electron chi connectivity index (χ1n) is 15.4. The van der Waals surface area contributed by atoms with Gasteiger partial charge in [0, 0.05) is 6.42 Å². The van der Waals surface area contributed by atoms with Gasteiger partial charge in [-0.25, -0.2) is 4.39 Å². The molecule has 1 aromatic carbocycles. The number of carbonyl (C=O) groups is 3. The fourth-order valence-electron chi connectivity index (χ4n) is 5.38. The molecule has 1 aromatic rings. The number of carboxylic acids is 1. The molecule has 1 atom stereocenters. The highest BCUT2D eigenvalue weighted by Crippen LogP contribution is 2.43. The number of benzene rings is 1. The number of allylic oxidation sites excluding steroid dienone is 6. The Morgan fingerprint density at radius 1 is 1.21 bits per heavy atom. The second kappa shape index (κ2) is 22.1. The molecule has 43 heavy (non-hydrogen) atoms. The van der Waals surface area contributed by atoms with Crippen molar-refractivity contribution in [3.63, 3.8) is 0 Å². The molecule has 0 spiro atoms. The molecule has 0 radical (unpaired) electrons. The molecule has 2 aliphatic rings. The van der Waals surface area contributed by atoms with E-state index in [0.717, 1.165) is 68.1 Å². The fraction of sp³-hybridized carbons (Fsp3) is 0.543. The SMILES string of the molecule is C=NC1(N(C=O)C(CCC)c2ccc(CCC(=O)O)cc2)CCC(C(C)C)CC1.CC.CC1=CC(F)=CC=CC1.NC=O. The Kier molecular flexibility index (Phi) is 20.2. The van der Waals surface area contributed by atoms with Crippen LogP contribution in [0.4, 0.5) is 4.39 Å². The van der Waals surface area contributed by atoms with Gasteiger partial charge in [-0.1, -0.05) is 83.0 Å². The van der Waals surface area contributed by atoms with Crippen molar-refractivity contribution in [1.29, 1.82) is 0 Å². The molecule has 0 saturated heterocycles. The van der Waals surface area contributed by atoms with E-state index >= 15 is 0 Å². The Morgan fingerprint density at radius 2 is 1.79 bits per heavy atom. The van der Waals surface area contributed by atoms with Crippen molar-refractivity contribution in [2.24, 2.45) is 22.6 Å². The number of rotatable bonds is 11. The molecule has 0 aliphatic heterocycles. The number of carboxylic acid groups (broad SMARTS) is 1. The molecule has 0 bridgehead atoms. The van der Waals surface area contributed by atoms with Gasteiger partial charge in [-0.05, 0) is 93.7 Å². The van der Waals surface area contributed by atoms with Gasteiger partial charge >= 0.3 is 5.97 Å². The number of hydrogen-bond acceptors (Lipinski definition) is 4. The second-order valence-electron chi connectivity index (χ2n) is 11.0. The summed E-state index contributed by atoms with van der Waals surface area (Å²) in [5, 5.41) is 8.88. The lowest BCUT2D eigenvalue weighted by atomic mass is 9.75. The lowest BCUT2D eigenvalue weighted by molar-refractivity contribution is -0.137. The smallest absolute Gasteiger partial charge is 0.303 e. The highest BCUT2D eigenvalue weighted by molar-refractivity contribution is 5.67. The van der Waals surface area contributed by atoms with Gasteiger partial charge in [-0.2, -0.15) is 0 Å². The molecule has 2 aliphatic carbocycles. The summed E-state index contributed by atoms with van der Waals surface area (Å²) >= 11 is 0. The molecule has 240 valence electrons. The minimum Gasteiger partial charge on any atom is -0.481 e. The summed E-state index contributed by atoms with van der Waals surface area (Å²) in [6, 6.07) is 7.98. The average Bonchev–Trinajstić information content (AvgIpc) is 3.20. The van der Waals surface area contributed by atoms with Crippen molar-refractivity contribution in [3.8, 4) is 0 Å². The maximum absolute atomic E-state index is 12.4. The molecule has 2 amide bonds. The van der Waals surface area contributed by atoms with Gasteiger partial charge in [0.2, 0.25) is 12.8 Å². The Labute approximate surface area is 258 Å². The number of halogens is 1. The number of aliphatic carboxylic acids is 1. The average molecular weight is 600 g/mol. The molecule has 1 unspecified atom stereocenters. The number of aliphatic imine (C=N–C) groups is 1. The Hall–Kier alpha value is -3.55. The summed E-state index contributed by atoms with van der Waals surface area (Å²) in [6.07, 6.45) is 15.1. The summed E-state index contributed by atoms with van der Waals surface area (Å²) < 4.78 is 12.4. The Morgan fingerprint density at radius 3 is 2.26 bits per heavy atom. The lowest BCUT2D eigenvalue weighted by Crippen LogP contribution is -2.50. The highest BCUT2D eigenvalue weighted by atomic mass is 19.1. The van der Waals surface area contributed by atoms with Crippen LogP contribution in [0.15, 0.2) is 65.0 Å². The van der Waals surface area contributed by atoms with E-state index in [4.69, 9.17) is 9.90 Å². The van der Waals surface area contributed by atoms with E-state index in [9.17, 15) is 14.0 Å². The van der Waals surface area contributed by atoms with Crippen molar-refractivity contribution in [1.82, 2.24) is 4.90 Å². The minimum atomic E-state index is -0.791. The first-order valence-corrected chi connectivity index (χ1v) is 15.4. The van der Waals surface area contributed by atoms with Crippen molar-refractivity contribution >= 4 is 25.5 Å². The van der Waals surface area contributed by atoms with Crippen LogP contribution in [-0.2, 0) is 20.8 Å². The second-order valence-corrected chi connectivity index (χ2v) is 11.0. The third-order valence-corrected chi connectivity index (χ3v) is 7.77.